The molecule has 1 atom stereocenters. The van der Waals surface area contributed by atoms with E-state index in [1.54, 1.807) is 0 Å². The van der Waals surface area contributed by atoms with Crippen LogP contribution in [0.4, 0.5) is 0 Å². The van der Waals surface area contributed by atoms with Crippen LogP contribution in [-0.2, 0) is 5.41 Å². The molecule has 1 N–H and O–H groups in total. The molecule has 1 heteroatoms. The van der Waals surface area contributed by atoms with Crippen LogP contribution in [0.5, 0.6) is 0 Å². The molecule has 1 unspecified atom stereocenters. The van der Waals surface area contributed by atoms with Crippen molar-refractivity contribution in [2.24, 2.45) is 5.92 Å². The number of hydrogen-bond acceptors (Lipinski definition) is 1. The van der Waals surface area contributed by atoms with Crippen molar-refractivity contribution in [2.75, 3.05) is 0 Å². The quantitative estimate of drug-likeness (QED) is 0.704. The van der Waals surface area contributed by atoms with E-state index in [1.807, 2.05) is 6.07 Å². The van der Waals surface area contributed by atoms with Gasteiger partial charge >= 0.3 is 0 Å². The Morgan fingerprint density at radius 3 is 1.89 bits per heavy atom. The molecule has 0 amide bonds. The van der Waals surface area contributed by atoms with Crippen molar-refractivity contribution >= 4 is 0 Å². The average Bonchev–Trinajstić information content (AvgIpc) is 2.47. The van der Waals surface area contributed by atoms with Gasteiger partial charge in [0.05, 0.1) is 6.10 Å². The fraction of sp³-hybridized carbons (Fsp3) is 0.667. The predicted octanol–water partition coefficient (Wildman–Crippen LogP) is 4.93. The van der Waals surface area contributed by atoms with E-state index < -0.39 is 0 Å². The van der Waals surface area contributed by atoms with E-state index in [-0.39, 0.29) is 11.5 Å². The zero-order valence-corrected chi connectivity index (χ0v) is 13.0. The summed E-state index contributed by atoms with van der Waals surface area (Å²) >= 11 is 0. The molecule has 0 fully saturated rings. The largest absolute Gasteiger partial charge is 0.392 e. The summed E-state index contributed by atoms with van der Waals surface area (Å²) in [6.45, 7) is 8.85. The van der Waals surface area contributed by atoms with Gasteiger partial charge in [-0.3, -0.25) is 0 Å². The first kappa shape index (κ1) is 16.2. The van der Waals surface area contributed by atoms with Crippen LogP contribution in [0.1, 0.15) is 65.4 Å². The second-order valence-electron chi connectivity index (χ2n) is 5.66. The van der Waals surface area contributed by atoms with Gasteiger partial charge in [-0.1, -0.05) is 70.9 Å². The molecule has 19 heavy (non-hydrogen) atoms. The summed E-state index contributed by atoms with van der Waals surface area (Å²) in [5.41, 5.74) is 1.21. The van der Waals surface area contributed by atoms with Gasteiger partial charge in [0.25, 0.3) is 0 Å². The first-order valence-corrected chi connectivity index (χ1v) is 7.88. The van der Waals surface area contributed by atoms with Crippen LogP contribution in [-0.4, -0.2) is 11.2 Å². The Bertz CT molecular complexity index is 336. The number of aliphatic hydroxyl groups excluding tert-OH is 1. The lowest BCUT2D eigenvalue weighted by Crippen LogP contribution is -2.39. The molecule has 0 heterocycles. The minimum atomic E-state index is -0.241. The van der Waals surface area contributed by atoms with Gasteiger partial charge in [-0.25, -0.2) is 0 Å². The Hall–Kier alpha value is -0.820. The molecule has 1 rings (SSSR count). The predicted molar refractivity (Wildman–Crippen MR) is 83.4 cm³/mol. The van der Waals surface area contributed by atoms with Crippen molar-refractivity contribution in [3.8, 4) is 0 Å². The normalized spacial score (nSPS) is 13.8. The standard InChI is InChI=1S/C18H30O/c1-5-15(6-2)14-17(19)18(7-3,8-4)16-12-10-9-11-13-16/h9-13,15,17,19H,5-8,14H2,1-4H3. The smallest absolute Gasteiger partial charge is 0.0639 e. The fourth-order valence-corrected chi connectivity index (χ4v) is 3.26. The highest BCUT2D eigenvalue weighted by molar-refractivity contribution is 5.27. The molecule has 0 aliphatic heterocycles. The fourth-order valence-electron chi connectivity index (χ4n) is 3.26. The maximum atomic E-state index is 10.8. The molecule has 0 radical (unpaired) electrons. The van der Waals surface area contributed by atoms with Gasteiger partial charge in [-0.05, 0) is 30.7 Å². The van der Waals surface area contributed by atoms with E-state index in [1.165, 1.54) is 5.56 Å². The van der Waals surface area contributed by atoms with E-state index >= 15 is 0 Å². The van der Waals surface area contributed by atoms with E-state index in [9.17, 15) is 5.11 Å². The molecule has 1 aromatic rings. The van der Waals surface area contributed by atoms with Crippen LogP contribution >= 0.6 is 0 Å². The lowest BCUT2D eigenvalue weighted by molar-refractivity contribution is 0.0495. The average molecular weight is 262 g/mol. The summed E-state index contributed by atoms with van der Waals surface area (Å²) in [4.78, 5) is 0. The summed E-state index contributed by atoms with van der Waals surface area (Å²) in [6, 6.07) is 10.6. The summed E-state index contributed by atoms with van der Waals surface area (Å²) in [5, 5.41) is 10.8. The molecular weight excluding hydrogens is 232 g/mol. The van der Waals surface area contributed by atoms with Gasteiger partial charge < -0.3 is 5.11 Å². The summed E-state index contributed by atoms with van der Waals surface area (Å²) in [7, 11) is 0. The van der Waals surface area contributed by atoms with E-state index in [2.05, 4.69) is 52.0 Å². The zero-order chi connectivity index (χ0) is 14.3. The maximum absolute atomic E-state index is 10.8. The minimum absolute atomic E-state index is 0.0795. The monoisotopic (exact) mass is 262 g/mol. The Morgan fingerprint density at radius 2 is 1.47 bits per heavy atom. The highest BCUT2D eigenvalue weighted by Crippen LogP contribution is 2.38. The van der Waals surface area contributed by atoms with Crippen LogP contribution in [0.2, 0.25) is 0 Å². The summed E-state index contributed by atoms with van der Waals surface area (Å²) in [5.74, 6) is 0.635. The third-order valence-electron chi connectivity index (χ3n) is 4.96. The minimum Gasteiger partial charge on any atom is -0.392 e. The molecule has 0 bridgehead atoms. The van der Waals surface area contributed by atoms with Crippen molar-refractivity contribution < 1.29 is 5.11 Å². The van der Waals surface area contributed by atoms with E-state index in [4.69, 9.17) is 0 Å². The van der Waals surface area contributed by atoms with Crippen molar-refractivity contribution in [1.29, 1.82) is 0 Å². The van der Waals surface area contributed by atoms with Crippen LogP contribution in [0.3, 0.4) is 0 Å². The van der Waals surface area contributed by atoms with Gasteiger partial charge in [-0.15, -0.1) is 0 Å². The van der Waals surface area contributed by atoms with Crippen molar-refractivity contribution in [2.45, 2.75) is 71.3 Å². The third-order valence-corrected chi connectivity index (χ3v) is 4.96. The molecular formula is C18H30O. The molecule has 1 nitrogen and oxygen atoms in total. The number of hydrogen-bond donors (Lipinski definition) is 1. The van der Waals surface area contributed by atoms with Gasteiger partial charge in [0.15, 0.2) is 0 Å². The Labute approximate surface area is 119 Å². The highest BCUT2D eigenvalue weighted by atomic mass is 16.3. The molecule has 1 aromatic carbocycles. The zero-order valence-electron chi connectivity index (χ0n) is 13.0. The summed E-state index contributed by atoms with van der Waals surface area (Å²) in [6.07, 6.45) is 4.99. The van der Waals surface area contributed by atoms with Gasteiger partial charge in [-0.2, -0.15) is 0 Å². The molecule has 0 aliphatic carbocycles. The SMILES string of the molecule is CCC(CC)CC(O)C(CC)(CC)c1ccccc1. The van der Waals surface area contributed by atoms with Gasteiger partial charge in [0.1, 0.15) is 0 Å². The Balaban J connectivity index is 2.99. The van der Waals surface area contributed by atoms with Crippen LogP contribution in [0.15, 0.2) is 30.3 Å². The number of aliphatic hydroxyl groups is 1. The Kier molecular flexibility index (Phi) is 6.57. The second kappa shape index (κ2) is 7.69. The highest BCUT2D eigenvalue weighted by Gasteiger charge is 2.36. The maximum Gasteiger partial charge on any atom is 0.0639 e. The topological polar surface area (TPSA) is 20.2 Å². The summed E-state index contributed by atoms with van der Waals surface area (Å²) < 4.78 is 0. The van der Waals surface area contributed by atoms with Crippen LogP contribution < -0.4 is 0 Å². The van der Waals surface area contributed by atoms with Crippen LogP contribution in [0, 0.1) is 5.92 Å². The molecule has 0 saturated heterocycles. The lowest BCUT2D eigenvalue weighted by Gasteiger charge is -2.38. The first-order chi connectivity index (χ1) is 9.14. The van der Waals surface area contributed by atoms with E-state index in [0.29, 0.717) is 5.92 Å². The third kappa shape index (κ3) is 3.60. The Morgan fingerprint density at radius 1 is 0.947 bits per heavy atom. The molecule has 0 aliphatic rings. The van der Waals surface area contributed by atoms with Gasteiger partial charge in [0, 0.05) is 5.41 Å². The molecule has 0 spiro atoms. The van der Waals surface area contributed by atoms with Gasteiger partial charge in [0.2, 0.25) is 0 Å². The van der Waals surface area contributed by atoms with Crippen molar-refractivity contribution in [3.63, 3.8) is 0 Å². The number of benzene rings is 1. The molecule has 108 valence electrons. The molecule has 0 saturated carbocycles. The van der Waals surface area contributed by atoms with Crippen molar-refractivity contribution in [3.05, 3.63) is 35.9 Å². The van der Waals surface area contributed by atoms with Crippen LogP contribution in [0.25, 0.3) is 0 Å². The first-order valence-electron chi connectivity index (χ1n) is 7.88. The van der Waals surface area contributed by atoms with Crippen molar-refractivity contribution in [1.82, 2.24) is 0 Å². The lowest BCUT2D eigenvalue weighted by atomic mass is 9.69. The molecule has 0 aromatic heterocycles. The second-order valence-corrected chi connectivity index (χ2v) is 5.66. The number of rotatable bonds is 8. The van der Waals surface area contributed by atoms with E-state index in [0.717, 1.165) is 32.1 Å².